The molecule has 0 N–H and O–H groups in total. The normalized spacial score (nSPS) is 30.5. The molecule has 1 nitrogen and oxygen atoms in total. The molecule has 3 heteroatoms. The first-order valence-electron chi connectivity index (χ1n) is 8.08. The lowest BCUT2D eigenvalue weighted by Crippen LogP contribution is -2.32. The lowest BCUT2D eigenvalue weighted by atomic mass is 9.66. The molecule has 4 unspecified atom stereocenters. The Bertz CT molecular complexity index is 498. The SMILES string of the molecule is O=C(C1CCC2CCCCC2C1)C(Cl)c1ccc(F)cc1. The highest BCUT2D eigenvalue weighted by molar-refractivity contribution is 6.31. The first-order valence-corrected chi connectivity index (χ1v) is 8.52. The van der Waals surface area contributed by atoms with Crippen molar-refractivity contribution >= 4 is 17.4 Å². The molecule has 3 rings (SSSR count). The molecule has 21 heavy (non-hydrogen) atoms. The van der Waals surface area contributed by atoms with E-state index in [2.05, 4.69) is 0 Å². The highest BCUT2D eigenvalue weighted by Gasteiger charge is 2.37. The minimum absolute atomic E-state index is 0.0944. The fraction of sp³-hybridized carbons (Fsp3) is 0.611. The summed E-state index contributed by atoms with van der Waals surface area (Å²) in [5.41, 5.74) is 0.717. The zero-order valence-corrected chi connectivity index (χ0v) is 13.0. The third kappa shape index (κ3) is 3.31. The Morgan fingerprint density at radius 1 is 1.05 bits per heavy atom. The number of ketones is 1. The van der Waals surface area contributed by atoms with Crippen LogP contribution in [0.1, 0.15) is 55.9 Å². The van der Waals surface area contributed by atoms with Gasteiger partial charge in [0.15, 0.2) is 5.78 Å². The first kappa shape index (κ1) is 15.0. The van der Waals surface area contributed by atoms with E-state index >= 15 is 0 Å². The van der Waals surface area contributed by atoms with Crippen molar-refractivity contribution in [3.63, 3.8) is 0 Å². The summed E-state index contributed by atoms with van der Waals surface area (Å²) in [6.07, 6.45) is 8.44. The Labute approximate surface area is 130 Å². The molecule has 0 amide bonds. The van der Waals surface area contributed by atoms with Crippen LogP contribution in [0.3, 0.4) is 0 Å². The van der Waals surface area contributed by atoms with Crippen LogP contribution in [0.25, 0.3) is 0 Å². The highest BCUT2D eigenvalue weighted by Crippen LogP contribution is 2.44. The van der Waals surface area contributed by atoms with Crippen molar-refractivity contribution in [1.82, 2.24) is 0 Å². The summed E-state index contributed by atoms with van der Waals surface area (Å²) in [4.78, 5) is 12.6. The molecular formula is C18H22ClFO. The van der Waals surface area contributed by atoms with Gasteiger partial charge in [-0.1, -0.05) is 37.8 Å². The van der Waals surface area contributed by atoms with Gasteiger partial charge in [-0.3, -0.25) is 4.79 Å². The van der Waals surface area contributed by atoms with Gasteiger partial charge in [-0.25, -0.2) is 4.39 Å². The lowest BCUT2D eigenvalue weighted by molar-refractivity contribution is -0.124. The third-order valence-corrected chi connectivity index (χ3v) is 5.82. The van der Waals surface area contributed by atoms with Crippen molar-refractivity contribution in [2.45, 2.75) is 50.3 Å². The maximum atomic E-state index is 13.0. The number of carbonyl (C=O) groups is 1. The van der Waals surface area contributed by atoms with Gasteiger partial charge >= 0.3 is 0 Å². The summed E-state index contributed by atoms with van der Waals surface area (Å²) < 4.78 is 13.0. The van der Waals surface area contributed by atoms with Crippen molar-refractivity contribution in [2.75, 3.05) is 0 Å². The second kappa shape index (κ2) is 6.48. The molecule has 4 atom stereocenters. The standard InChI is InChI=1S/C18H22ClFO/c19-17(13-7-9-16(20)10-8-13)18(21)15-6-5-12-3-1-2-4-14(12)11-15/h7-10,12,14-15,17H,1-6,11H2. The number of hydrogen-bond donors (Lipinski definition) is 0. The largest absolute Gasteiger partial charge is 0.297 e. The molecule has 2 saturated carbocycles. The van der Waals surface area contributed by atoms with Crippen LogP contribution in [-0.4, -0.2) is 5.78 Å². The Morgan fingerprint density at radius 3 is 2.43 bits per heavy atom. The van der Waals surface area contributed by atoms with Gasteiger partial charge in [-0.2, -0.15) is 0 Å². The summed E-state index contributed by atoms with van der Waals surface area (Å²) in [6.45, 7) is 0. The van der Waals surface area contributed by atoms with Crippen LogP contribution < -0.4 is 0 Å². The van der Waals surface area contributed by atoms with Crippen LogP contribution >= 0.6 is 11.6 Å². The van der Waals surface area contributed by atoms with E-state index in [-0.39, 0.29) is 17.5 Å². The van der Waals surface area contributed by atoms with Gasteiger partial charge in [0.2, 0.25) is 0 Å². The molecule has 0 aliphatic heterocycles. The molecular weight excluding hydrogens is 287 g/mol. The zero-order chi connectivity index (χ0) is 14.8. The Hall–Kier alpha value is -0.890. The summed E-state index contributed by atoms with van der Waals surface area (Å²) in [5, 5.41) is -0.629. The number of alkyl halides is 1. The monoisotopic (exact) mass is 308 g/mol. The number of rotatable bonds is 3. The Balaban J connectivity index is 1.66. The molecule has 2 aliphatic carbocycles. The van der Waals surface area contributed by atoms with Crippen LogP contribution in [0.15, 0.2) is 24.3 Å². The molecule has 0 bridgehead atoms. The second-order valence-corrected chi connectivity index (χ2v) is 7.07. The number of Topliss-reactive ketones (excluding diaryl/α,β-unsaturated/α-hetero) is 1. The van der Waals surface area contributed by atoms with E-state index < -0.39 is 5.38 Å². The quantitative estimate of drug-likeness (QED) is 0.694. The van der Waals surface area contributed by atoms with Crippen LogP contribution in [0.5, 0.6) is 0 Å². The Kier molecular flexibility index (Phi) is 4.63. The topological polar surface area (TPSA) is 17.1 Å². The van der Waals surface area contributed by atoms with Crippen LogP contribution in [0.2, 0.25) is 0 Å². The van der Waals surface area contributed by atoms with Gasteiger partial charge in [0.25, 0.3) is 0 Å². The zero-order valence-electron chi connectivity index (χ0n) is 12.2. The number of benzene rings is 1. The average molecular weight is 309 g/mol. The van der Waals surface area contributed by atoms with E-state index in [1.165, 1.54) is 44.2 Å². The van der Waals surface area contributed by atoms with Crippen LogP contribution in [0.4, 0.5) is 4.39 Å². The first-order chi connectivity index (χ1) is 10.1. The number of fused-ring (bicyclic) bond motifs is 1. The van der Waals surface area contributed by atoms with Crippen molar-refractivity contribution in [2.24, 2.45) is 17.8 Å². The van der Waals surface area contributed by atoms with Crippen LogP contribution in [-0.2, 0) is 4.79 Å². The summed E-state index contributed by atoms with van der Waals surface area (Å²) in [5.74, 6) is 1.49. The minimum atomic E-state index is -0.629. The van der Waals surface area contributed by atoms with E-state index in [0.717, 1.165) is 24.7 Å². The van der Waals surface area contributed by atoms with E-state index in [1.54, 1.807) is 12.1 Å². The fourth-order valence-electron chi connectivity index (χ4n) is 4.13. The maximum absolute atomic E-state index is 13.0. The van der Waals surface area contributed by atoms with Crippen molar-refractivity contribution in [3.05, 3.63) is 35.6 Å². The van der Waals surface area contributed by atoms with Gasteiger partial charge in [0.1, 0.15) is 11.2 Å². The van der Waals surface area contributed by atoms with Crippen molar-refractivity contribution in [3.8, 4) is 0 Å². The molecule has 0 radical (unpaired) electrons. The van der Waals surface area contributed by atoms with E-state index in [1.807, 2.05) is 0 Å². The lowest BCUT2D eigenvalue weighted by Gasteiger charge is -2.39. The summed E-state index contributed by atoms with van der Waals surface area (Å²) in [6, 6.07) is 5.99. The average Bonchev–Trinajstić information content (AvgIpc) is 2.54. The molecule has 1 aromatic carbocycles. The molecule has 0 spiro atoms. The van der Waals surface area contributed by atoms with Gasteiger partial charge in [0.05, 0.1) is 0 Å². The summed E-state index contributed by atoms with van der Waals surface area (Å²) in [7, 11) is 0. The molecule has 2 aliphatic rings. The van der Waals surface area contributed by atoms with Crippen molar-refractivity contribution < 1.29 is 9.18 Å². The maximum Gasteiger partial charge on any atom is 0.158 e. The van der Waals surface area contributed by atoms with Crippen LogP contribution in [0, 0.1) is 23.6 Å². The van der Waals surface area contributed by atoms with E-state index in [9.17, 15) is 9.18 Å². The van der Waals surface area contributed by atoms with Gasteiger partial charge in [-0.05, 0) is 48.8 Å². The Morgan fingerprint density at radius 2 is 1.71 bits per heavy atom. The predicted molar refractivity (Wildman–Crippen MR) is 82.8 cm³/mol. The molecule has 0 saturated heterocycles. The third-order valence-electron chi connectivity index (χ3n) is 5.35. The molecule has 0 heterocycles. The molecule has 1 aromatic rings. The van der Waals surface area contributed by atoms with E-state index in [4.69, 9.17) is 11.6 Å². The predicted octanol–water partition coefficient (Wildman–Crippen LogP) is 5.28. The smallest absolute Gasteiger partial charge is 0.158 e. The molecule has 0 aromatic heterocycles. The minimum Gasteiger partial charge on any atom is -0.297 e. The fourth-order valence-corrected chi connectivity index (χ4v) is 4.46. The summed E-state index contributed by atoms with van der Waals surface area (Å²) >= 11 is 6.35. The number of halogens is 2. The van der Waals surface area contributed by atoms with Crippen molar-refractivity contribution in [1.29, 1.82) is 0 Å². The number of hydrogen-bond acceptors (Lipinski definition) is 1. The van der Waals surface area contributed by atoms with Gasteiger partial charge in [-0.15, -0.1) is 11.6 Å². The molecule has 114 valence electrons. The van der Waals surface area contributed by atoms with Gasteiger partial charge in [0, 0.05) is 5.92 Å². The van der Waals surface area contributed by atoms with E-state index in [0.29, 0.717) is 5.56 Å². The highest BCUT2D eigenvalue weighted by atomic mass is 35.5. The van der Waals surface area contributed by atoms with Gasteiger partial charge < -0.3 is 0 Å². The molecule has 2 fully saturated rings. The number of carbonyl (C=O) groups excluding carboxylic acids is 1. The second-order valence-electron chi connectivity index (χ2n) is 6.63.